The number of ether oxygens (including phenoxy) is 3. The second-order valence-electron chi connectivity index (χ2n) is 18.2. The Labute approximate surface area is 410 Å². The topological polar surface area (TPSA) is 30.9 Å². The van der Waals surface area contributed by atoms with E-state index in [1.165, 1.54) is 83.5 Å². The van der Waals surface area contributed by atoms with Crippen LogP contribution in [0.2, 0.25) is 0 Å². The van der Waals surface area contributed by atoms with Crippen molar-refractivity contribution in [2.45, 2.75) is 39.6 Å². The van der Waals surface area contributed by atoms with Gasteiger partial charge in [0.1, 0.15) is 0 Å². The molecular formula is C66H51NO3. The normalized spacial score (nSPS) is 14.0. The fourth-order valence-corrected chi connectivity index (χ4v) is 10.3. The van der Waals surface area contributed by atoms with Gasteiger partial charge in [-0.15, -0.1) is 0 Å². The summed E-state index contributed by atoms with van der Waals surface area (Å²) in [7, 11) is 0. The Morgan fingerprint density at radius 2 is 0.443 bits per heavy atom. The van der Waals surface area contributed by atoms with E-state index in [-0.39, 0.29) is 0 Å². The van der Waals surface area contributed by atoms with E-state index in [1.54, 1.807) is 0 Å². The largest absolute Gasteiger partial charge is 0.372 e. The molecule has 9 aromatic rings. The summed E-state index contributed by atoms with van der Waals surface area (Å²) in [6, 6.07) is 78.6. The first-order valence-corrected chi connectivity index (χ1v) is 24.2. The minimum absolute atomic E-state index is 0.576. The molecule has 4 heteroatoms. The summed E-state index contributed by atoms with van der Waals surface area (Å²) in [4.78, 5) is 2.36. The van der Waals surface area contributed by atoms with Crippen molar-refractivity contribution in [1.29, 1.82) is 0 Å². The minimum atomic E-state index is 0.576. The standard InChI is InChI=1S/C66H51NO3/c1-7-19-58-49(13-1)40-68-41-50-14-2-8-20-59(50)64(58)37-46-25-31-55(32-26-46)67(56-33-27-47(28-34-56)38-65-60-21-9-3-15-51(60)42-69-43-52-16-4-10-22-61(52)65)57-35-29-48(30-36-57)39-66-62-23-11-5-17-53(62)44-70-45-54-18-6-12-24-63(54)66/h1-39H,40-45H2. The number of anilines is 3. The lowest BCUT2D eigenvalue weighted by Gasteiger charge is -2.26. The highest BCUT2D eigenvalue weighted by atomic mass is 16.5. The first kappa shape index (κ1) is 43.2. The van der Waals surface area contributed by atoms with E-state index in [9.17, 15) is 0 Å². The molecule has 3 heterocycles. The molecule has 0 N–H and O–H groups in total. The highest BCUT2D eigenvalue weighted by Gasteiger charge is 2.21. The van der Waals surface area contributed by atoms with Crippen LogP contribution in [0.4, 0.5) is 17.1 Å². The zero-order valence-electron chi connectivity index (χ0n) is 38.9. The van der Waals surface area contributed by atoms with Crippen LogP contribution in [0.3, 0.4) is 0 Å². The van der Waals surface area contributed by atoms with Gasteiger partial charge in [-0.1, -0.05) is 182 Å². The van der Waals surface area contributed by atoms with Crippen molar-refractivity contribution in [2.24, 2.45) is 0 Å². The molecule has 9 aromatic carbocycles. The molecule has 0 aromatic heterocycles. The summed E-state index contributed by atoms with van der Waals surface area (Å²) in [6.45, 7) is 3.46. The number of hydrogen-bond acceptors (Lipinski definition) is 4. The van der Waals surface area contributed by atoms with Crippen LogP contribution in [0.1, 0.15) is 83.5 Å². The van der Waals surface area contributed by atoms with Crippen LogP contribution >= 0.6 is 0 Å². The predicted octanol–water partition coefficient (Wildman–Crippen LogP) is 16.0. The van der Waals surface area contributed by atoms with Gasteiger partial charge in [-0.3, -0.25) is 0 Å². The van der Waals surface area contributed by atoms with Crippen LogP contribution in [0.15, 0.2) is 218 Å². The molecule has 0 bridgehead atoms. The molecule has 70 heavy (non-hydrogen) atoms. The van der Waals surface area contributed by atoms with Gasteiger partial charge in [-0.25, -0.2) is 0 Å². The van der Waals surface area contributed by atoms with Crippen LogP contribution in [0.5, 0.6) is 0 Å². The average molecular weight is 906 g/mol. The maximum absolute atomic E-state index is 6.17. The molecule has 338 valence electrons. The third kappa shape index (κ3) is 8.77. The first-order valence-electron chi connectivity index (χ1n) is 24.2. The van der Waals surface area contributed by atoms with E-state index in [0.29, 0.717) is 39.6 Å². The van der Waals surface area contributed by atoms with E-state index >= 15 is 0 Å². The Bertz CT molecular complexity index is 2940. The van der Waals surface area contributed by atoms with E-state index < -0.39 is 0 Å². The molecule has 0 aliphatic carbocycles. The third-order valence-electron chi connectivity index (χ3n) is 13.8. The summed E-state index contributed by atoms with van der Waals surface area (Å²) < 4.78 is 18.5. The van der Waals surface area contributed by atoms with Gasteiger partial charge in [0.25, 0.3) is 0 Å². The maximum atomic E-state index is 6.17. The van der Waals surface area contributed by atoms with Crippen molar-refractivity contribution >= 4 is 52.0 Å². The van der Waals surface area contributed by atoms with Crippen LogP contribution < -0.4 is 4.90 Å². The summed E-state index contributed by atoms with van der Waals surface area (Å²) in [5.41, 5.74) is 24.6. The zero-order valence-corrected chi connectivity index (χ0v) is 38.9. The van der Waals surface area contributed by atoms with Gasteiger partial charge in [0.15, 0.2) is 0 Å². The van der Waals surface area contributed by atoms with Crippen molar-refractivity contribution in [2.75, 3.05) is 4.90 Å². The van der Waals surface area contributed by atoms with Crippen molar-refractivity contribution in [3.63, 3.8) is 0 Å². The Morgan fingerprint density at radius 3 is 0.657 bits per heavy atom. The molecule has 0 amide bonds. The van der Waals surface area contributed by atoms with Crippen molar-refractivity contribution in [1.82, 2.24) is 0 Å². The third-order valence-corrected chi connectivity index (χ3v) is 13.8. The molecule has 4 nitrogen and oxygen atoms in total. The monoisotopic (exact) mass is 905 g/mol. The second kappa shape index (κ2) is 19.5. The van der Waals surface area contributed by atoms with E-state index in [4.69, 9.17) is 14.2 Å². The van der Waals surface area contributed by atoms with Gasteiger partial charge in [0.2, 0.25) is 0 Å². The molecule has 0 radical (unpaired) electrons. The van der Waals surface area contributed by atoms with Crippen LogP contribution in [0, 0.1) is 0 Å². The molecule has 0 fully saturated rings. The molecule has 0 spiro atoms. The fourth-order valence-electron chi connectivity index (χ4n) is 10.3. The molecule has 0 saturated heterocycles. The Kier molecular flexibility index (Phi) is 12.0. The van der Waals surface area contributed by atoms with Gasteiger partial charge in [0.05, 0.1) is 39.6 Å². The first-order chi connectivity index (χ1) is 34.7. The lowest BCUT2D eigenvalue weighted by Crippen LogP contribution is -2.10. The lowest BCUT2D eigenvalue weighted by atomic mass is 9.89. The van der Waals surface area contributed by atoms with E-state index in [1.807, 2.05) is 0 Å². The minimum Gasteiger partial charge on any atom is -0.372 e. The summed E-state index contributed by atoms with van der Waals surface area (Å²) in [5.74, 6) is 0. The molecule has 0 atom stereocenters. The van der Waals surface area contributed by atoms with Gasteiger partial charge >= 0.3 is 0 Å². The number of rotatable bonds is 6. The smallest absolute Gasteiger partial charge is 0.0727 e. The molecule has 0 unspecified atom stereocenters. The van der Waals surface area contributed by atoms with E-state index in [2.05, 4.69) is 242 Å². The number of nitrogens with zero attached hydrogens (tertiary/aromatic N) is 1. The van der Waals surface area contributed by atoms with Crippen LogP contribution in [0.25, 0.3) is 34.9 Å². The highest BCUT2D eigenvalue weighted by Crippen LogP contribution is 2.40. The summed E-state index contributed by atoms with van der Waals surface area (Å²) in [6.07, 6.45) is 6.99. The second-order valence-corrected chi connectivity index (χ2v) is 18.2. The molecular weight excluding hydrogens is 855 g/mol. The quantitative estimate of drug-likeness (QED) is 0.166. The van der Waals surface area contributed by atoms with Gasteiger partial charge in [-0.2, -0.15) is 0 Å². The van der Waals surface area contributed by atoms with Crippen molar-refractivity contribution < 1.29 is 14.2 Å². The SMILES string of the molecule is C(=C1c2ccccc2COCc2ccccc21)c1ccc(N(c2ccc(C=C3c4ccccc4COCc4ccccc43)cc2)c2ccc(C=C3c4ccccc4COCc4ccccc43)cc2)cc1. The molecule has 3 aliphatic heterocycles. The van der Waals surface area contributed by atoms with Gasteiger partial charge in [-0.05, 0) is 155 Å². The van der Waals surface area contributed by atoms with Crippen molar-refractivity contribution in [3.05, 3.63) is 302 Å². The summed E-state index contributed by atoms with van der Waals surface area (Å²) >= 11 is 0. The lowest BCUT2D eigenvalue weighted by molar-refractivity contribution is 0.106. The molecule has 0 saturated carbocycles. The Hall–Kier alpha value is -8.12. The predicted molar refractivity (Wildman–Crippen MR) is 286 cm³/mol. The number of hydrogen-bond donors (Lipinski definition) is 0. The highest BCUT2D eigenvalue weighted by molar-refractivity contribution is 5.96. The number of fused-ring (bicyclic) bond motifs is 6. The van der Waals surface area contributed by atoms with Gasteiger partial charge < -0.3 is 19.1 Å². The molecule has 3 aliphatic rings. The fraction of sp³-hybridized carbons (Fsp3) is 0.0909. The summed E-state index contributed by atoms with van der Waals surface area (Å²) in [5, 5.41) is 0. The van der Waals surface area contributed by atoms with Crippen molar-refractivity contribution in [3.8, 4) is 0 Å². The number of benzene rings is 9. The zero-order chi connectivity index (χ0) is 46.6. The Balaban J connectivity index is 0.947. The van der Waals surface area contributed by atoms with E-state index in [0.717, 1.165) is 33.8 Å². The molecule has 12 rings (SSSR count). The van der Waals surface area contributed by atoms with Crippen LogP contribution in [-0.2, 0) is 53.9 Å². The van der Waals surface area contributed by atoms with Gasteiger partial charge in [0, 0.05) is 17.1 Å². The van der Waals surface area contributed by atoms with Crippen LogP contribution in [-0.4, -0.2) is 0 Å². The Morgan fingerprint density at radius 1 is 0.243 bits per heavy atom. The maximum Gasteiger partial charge on any atom is 0.0727 e. The average Bonchev–Trinajstić information content (AvgIpc) is 3.40.